The smallest absolute Gasteiger partial charge is 0.308 e. The van der Waals surface area contributed by atoms with E-state index in [1.54, 1.807) is 0 Å². The van der Waals surface area contributed by atoms with Gasteiger partial charge in [0.05, 0.1) is 80.4 Å². The SMILES string of the molecule is CC(C)(C)OC(=O)CCOCCOCCOCCOCC[N+](C)(C)C. The standard InChI is InChI=1S/C18H38NO6/c1-18(2,3)25-17(20)7-9-21-11-13-23-15-16-24-14-12-22-10-8-19(4,5)6/h7-16H2,1-6H3/q+1. The number of likely N-dealkylation sites (N-methyl/N-ethyl adjacent to an activating group) is 1. The van der Waals surface area contributed by atoms with Crippen molar-refractivity contribution < 1.29 is 33.0 Å². The molecule has 0 rings (SSSR count). The molecule has 0 saturated heterocycles. The molecular formula is C18H38NO6+. The van der Waals surface area contributed by atoms with E-state index in [0.717, 1.165) is 17.6 Å². The Morgan fingerprint density at radius 1 is 0.720 bits per heavy atom. The van der Waals surface area contributed by atoms with Gasteiger partial charge < -0.3 is 28.2 Å². The highest BCUT2D eigenvalue weighted by molar-refractivity contribution is 5.69. The monoisotopic (exact) mass is 364 g/mol. The van der Waals surface area contributed by atoms with Crippen LogP contribution >= 0.6 is 0 Å². The molecule has 0 aromatic rings. The predicted octanol–water partition coefficient (Wildman–Crippen LogP) is 1.49. The number of carbonyl (C=O) groups is 1. The third kappa shape index (κ3) is 21.2. The Hall–Kier alpha value is -0.730. The van der Waals surface area contributed by atoms with E-state index >= 15 is 0 Å². The number of hydrogen-bond acceptors (Lipinski definition) is 6. The average molecular weight is 365 g/mol. The van der Waals surface area contributed by atoms with Crippen molar-refractivity contribution in [2.75, 3.05) is 80.5 Å². The molecule has 7 heteroatoms. The highest BCUT2D eigenvalue weighted by Crippen LogP contribution is 2.07. The van der Waals surface area contributed by atoms with Crippen LogP contribution in [0.2, 0.25) is 0 Å². The van der Waals surface area contributed by atoms with E-state index in [9.17, 15) is 4.79 Å². The predicted molar refractivity (Wildman–Crippen MR) is 96.6 cm³/mol. The second-order valence-electron chi connectivity index (χ2n) is 7.80. The van der Waals surface area contributed by atoms with Gasteiger partial charge in [-0.25, -0.2) is 0 Å². The maximum Gasteiger partial charge on any atom is 0.308 e. The minimum atomic E-state index is -0.447. The van der Waals surface area contributed by atoms with Crippen molar-refractivity contribution in [2.45, 2.75) is 32.8 Å². The summed E-state index contributed by atoms with van der Waals surface area (Å²) in [5, 5.41) is 0. The minimum Gasteiger partial charge on any atom is -0.460 e. The van der Waals surface area contributed by atoms with Gasteiger partial charge in [-0.15, -0.1) is 0 Å². The molecule has 0 fully saturated rings. The van der Waals surface area contributed by atoms with Crippen molar-refractivity contribution in [1.29, 1.82) is 0 Å². The van der Waals surface area contributed by atoms with Gasteiger partial charge in [0.2, 0.25) is 0 Å². The third-order valence-electron chi connectivity index (χ3n) is 2.89. The summed E-state index contributed by atoms with van der Waals surface area (Å²) in [6.45, 7) is 10.8. The molecule has 0 N–H and O–H groups in total. The zero-order chi connectivity index (χ0) is 19.2. The van der Waals surface area contributed by atoms with Crippen LogP contribution in [0.3, 0.4) is 0 Å². The lowest BCUT2D eigenvalue weighted by atomic mass is 10.2. The number of quaternary nitrogens is 1. The summed E-state index contributed by atoms with van der Waals surface area (Å²) in [4.78, 5) is 11.4. The van der Waals surface area contributed by atoms with Crippen molar-refractivity contribution in [3.63, 3.8) is 0 Å². The van der Waals surface area contributed by atoms with Crippen LogP contribution < -0.4 is 0 Å². The molecule has 0 saturated carbocycles. The number of hydrogen-bond donors (Lipinski definition) is 0. The largest absolute Gasteiger partial charge is 0.460 e. The number of nitrogens with zero attached hydrogens (tertiary/aromatic N) is 1. The molecule has 0 spiro atoms. The molecule has 0 atom stereocenters. The van der Waals surface area contributed by atoms with Gasteiger partial charge in [0.1, 0.15) is 12.1 Å². The van der Waals surface area contributed by atoms with Gasteiger partial charge in [0.25, 0.3) is 0 Å². The average Bonchev–Trinajstić information content (AvgIpc) is 2.44. The molecule has 0 amide bonds. The van der Waals surface area contributed by atoms with Crippen LogP contribution in [0.15, 0.2) is 0 Å². The van der Waals surface area contributed by atoms with Crippen molar-refractivity contribution in [3.05, 3.63) is 0 Å². The first kappa shape index (κ1) is 24.3. The Labute approximate surface area is 153 Å². The Bertz CT molecular complexity index is 335. The first-order valence-electron chi connectivity index (χ1n) is 8.93. The third-order valence-corrected chi connectivity index (χ3v) is 2.89. The molecule has 150 valence electrons. The lowest BCUT2D eigenvalue weighted by Gasteiger charge is -2.23. The molecule has 0 heterocycles. The van der Waals surface area contributed by atoms with Crippen molar-refractivity contribution >= 4 is 5.97 Å². The minimum absolute atomic E-state index is 0.245. The zero-order valence-electron chi connectivity index (χ0n) is 17.0. The van der Waals surface area contributed by atoms with Crippen LogP contribution in [0.4, 0.5) is 0 Å². The van der Waals surface area contributed by atoms with Gasteiger partial charge in [0.15, 0.2) is 0 Å². The maximum atomic E-state index is 11.4. The van der Waals surface area contributed by atoms with E-state index < -0.39 is 5.60 Å². The summed E-state index contributed by atoms with van der Waals surface area (Å²) < 4.78 is 27.7. The summed E-state index contributed by atoms with van der Waals surface area (Å²) in [6.07, 6.45) is 0.258. The first-order chi connectivity index (χ1) is 11.6. The Morgan fingerprint density at radius 2 is 1.12 bits per heavy atom. The molecule has 0 bridgehead atoms. The van der Waals surface area contributed by atoms with Gasteiger partial charge in [0, 0.05) is 0 Å². The molecule has 0 unspecified atom stereocenters. The molecule has 25 heavy (non-hydrogen) atoms. The fourth-order valence-electron chi connectivity index (χ4n) is 1.65. The zero-order valence-corrected chi connectivity index (χ0v) is 17.0. The summed E-state index contributed by atoms with van der Waals surface area (Å²) in [6, 6.07) is 0. The Kier molecular flexibility index (Phi) is 13.1. The summed E-state index contributed by atoms with van der Waals surface area (Å²) >= 11 is 0. The molecule has 0 aromatic carbocycles. The van der Waals surface area contributed by atoms with Crippen LogP contribution in [-0.2, 0) is 28.5 Å². The Morgan fingerprint density at radius 3 is 1.52 bits per heavy atom. The molecule has 0 aliphatic carbocycles. The summed E-state index contributed by atoms with van der Waals surface area (Å²) in [5.41, 5.74) is -0.447. The van der Waals surface area contributed by atoms with Gasteiger partial charge in [-0.2, -0.15) is 0 Å². The molecule has 0 aromatic heterocycles. The van der Waals surface area contributed by atoms with Gasteiger partial charge >= 0.3 is 5.97 Å². The highest BCUT2D eigenvalue weighted by atomic mass is 16.6. The number of rotatable bonds is 15. The van der Waals surface area contributed by atoms with E-state index in [-0.39, 0.29) is 12.4 Å². The molecule has 0 aliphatic rings. The van der Waals surface area contributed by atoms with E-state index in [0.29, 0.717) is 46.2 Å². The van der Waals surface area contributed by atoms with Crippen LogP contribution in [0.1, 0.15) is 27.2 Å². The second kappa shape index (κ2) is 13.5. The van der Waals surface area contributed by atoms with E-state index in [4.69, 9.17) is 23.7 Å². The topological polar surface area (TPSA) is 63.2 Å². The van der Waals surface area contributed by atoms with Crippen molar-refractivity contribution in [2.24, 2.45) is 0 Å². The summed E-state index contributed by atoms with van der Waals surface area (Å²) in [5.74, 6) is -0.245. The molecule has 0 aliphatic heterocycles. The van der Waals surface area contributed by atoms with Crippen LogP contribution in [0, 0.1) is 0 Å². The maximum absolute atomic E-state index is 11.4. The quantitative estimate of drug-likeness (QED) is 0.249. The van der Waals surface area contributed by atoms with E-state index in [1.807, 2.05) is 20.8 Å². The van der Waals surface area contributed by atoms with Crippen LogP contribution in [0.5, 0.6) is 0 Å². The van der Waals surface area contributed by atoms with Crippen molar-refractivity contribution in [1.82, 2.24) is 0 Å². The number of carbonyl (C=O) groups excluding carboxylic acids is 1. The van der Waals surface area contributed by atoms with Crippen LogP contribution in [-0.4, -0.2) is 96.6 Å². The highest BCUT2D eigenvalue weighted by Gasteiger charge is 2.15. The summed E-state index contributed by atoms with van der Waals surface area (Å²) in [7, 11) is 6.41. The lowest BCUT2D eigenvalue weighted by molar-refractivity contribution is -0.870. The normalized spacial score (nSPS) is 12.4. The molecule has 7 nitrogen and oxygen atoms in total. The van der Waals surface area contributed by atoms with Gasteiger partial charge in [-0.05, 0) is 20.8 Å². The second-order valence-corrected chi connectivity index (χ2v) is 7.80. The van der Waals surface area contributed by atoms with Gasteiger partial charge in [-0.1, -0.05) is 0 Å². The number of esters is 1. The van der Waals surface area contributed by atoms with E-state index in [1.165, 1.54) is 0 Å². The lowest BCUT2D eigenvalue weighted by Crippen LogP contribution is -2.37. The fraction of sp³-hybridized carbons (Fsp3) is 0.944. The van der Waals surface area contributed by atoms with Crippen molar-refractivity contribution in [3.8, 4) is 0 Å². The number of ether oxygens (including phenoxy) is 5. The fourth-order valence-corrected chi connectivity index (χ4v) is 1.65. The molecule has 0 radical (unpaired) electrons. The first-order valence-corrected chi connectivity index (χ1v) is 8.93. The van der Waals surface area contributed by atoms with Gasteiger partial charge in [-0.3, -0.25) is 4.79 Å². The van der Waals surface area contributed by atoms with E-state index in [2.05, 4.69) is 21.1 Å². The molecular weight excluding hydrogens is 326 g/mol. The van der Waals surface area contributed by atoms with Crippen LogP contribution in [0.25, 0.3) is 0 Å². The Balaban J connectivity index is 3.21.